The van der Waals surface area contributed by atoms with E-state index in [4.69, 9.17) is 4.74 Å². The largest absolute Gasteiger partial charge is 0.444 e. The average Bonchev–Trinajstić information content (AvgIpc) is 2.16. The van der Waals surface area contributed by atoms with Crippen molar-refractivity contribution in [1.29, 1.82) is 0 Å². The monoisotopic (exact) mass is 366 g/mol. The molecule has 1 rings (SSSR count). The van der Waals surface area contributed by atoms with E-state index in [1.165, 1.54) is 6.20 Å². The molecule has 0 aliphatic carbocycles. The number of ether oxygens (including phenoxy) is 1. The van der Waals surface area contributed by atoms with Crippen molar-refractivity contribution in [1.82, 2.24) is 4.98 Å². The number of nitrogens with one attached hydrogen (secondary N) is 2. The van der Waals surface area contributed by atoms with Gasteiger partial charge in [-0.25, -0.2) is 4.79 Å². The van der Waals surface area contributed by atoms with Gasteiger partial charge < -0.3 is 9.72 Å². The molecule has 2 N–H and O–H groups in total. The van der Waals surface area contributed by atoms with Gasteiger partial charge in [-0.1, -0.05) is 0 Å². The number of aromatic amines is 1. The van der Waals surface area contributed by atoms with Crippen molar-refractivity contribution in [3.05, 3.63) is 25.5 Å². The molecule has 0 saturated heterocycles. The average molecular weight is 368 g/mol. The first-order chi connectivity index (χ1) is 7.70. The fraction of sp³-hybridized carbons (Fsp3) is 0.400. The minimum absolute atomic E-state index is 0.105. The lowest BCUT2D eigenvalue weighted by Crippen LogP contribution is -2.29. The van der Waals surface area contributed by atoms with Gasteiger partial charge in [-0.15, -0.1) is 0 Å². The molecule has 0 fully saturated rings. The zero-order valence-electron chi connectivity index (χ0n) is 9.56. The van der Waals surface area contributed by atoms with Gasteiger partial charge in [0.05, 0.1) is 4.47 Å². The maximum atomic E-state index is 11.7. The van der Waals surface area contributed by atoms with Crippen LogP contribution in [-0.4, -0.2) is 16.7 Å². The van der Waals surface area contributed by atoms with Gasteiger partial charge in [-0.3, -0.25) is 10.1 Å². The Bertz CT molecular complexity index is 491. The normalized spacial score (nSPS) is 11.1. The van der Waals surface area contributed by atoms with Gasteiger partial charge in [-0.05, 0) is 52.6 Å². The first-order valence-corrected chi connectivity index (χ1v) is 6.36. The van der Waals surface area contributed by atoms with Crippen LogP contribution < -0.4 is 10.7 Å². The molecule has 17 heavy (non-hydrogen) atoms. The number of rotatable bonds is 1. The van der Waals surface area contributed by atoms with Crippen molar-refractivity contribution in [2.45, 2.75) is 26.4 Å². The number of H-pyrrole nitrogens is 1. The zero-order valence-corrected chi connectivity index (χ0v) is 12.7. The lowest BCUT2D eigenvalue weighted by atomic mass is 10.2. The van der Waals surface area contributed by atoms with Crippen LogP contribution in [0.2, 0.25) is 0 Å². The van der Waals surface area contributed by atoms with Crippen molar-refractivity contribution >= 4 is 43.6 Å². The smallest absolute Gasteiger partial charge is 0.412 e. The Labute approximate surface area is 115 Å². The highest BCUT2D eigenvalue weighted by molar-refractivity contribution is 9.11. The van der Waals surface area contributed by atoms with Crippen LogP contribution in [0.1, 0.15) is 20.8 Å². The maximum Gasteiger partial charge on any atom is 0.412 e. The fourth-order valence-corrected chi connectivity index (χ4v) is 1.71. The Morgan fingerprint density at radius 3 is 2.53 bits per heavy atom. The van der Waals surface area contributed by atoms with E-state index < -0.39 is 11.7 Å². The van der Waals surface area contributed by atoms with Crippen molar-refractivity contribution in [3.63, 3.8) is 0 Å². The molecule has 0 spiro atoms. The molecule has 1 amide bonds. The van der Waals surface area contributed by atoms with E-state index in [-0.39, 0.29) is 11.1 Å². The summed E-state index contributed by atoms with van der Waals surface area (Å²) in [5, 5.41) is 2.39. The van der Waals surface area contributed by atoms with E-state index in [1.807, 2.05) is 0 Å². The highest BCUT2D eigenvalue weighted by Crippen LogP contribution is 2.18. The summed E-state index contributed by atoms with van der Waals surface area (Å²) >= 11 is 6.22. The van der Waals surface area contributed by atoms with Gasteiger partial charge in [0.1, 0.15) is 15.9 Å². The molecular formula is C10H12Br2N2O3. The van der Waals surface area contributed by atoms with Crippen LogP contribution in [0.4, 0.5) is 10.5 Å². The summed E-state index contributed by atoms with van der Waals surface area (Å²) in [6.45, 7) is 5.23. The molecule has 5 nitrogen and oxygen atoms in total. The number of halogens is 2. The number of aromatic nitrogens is 1. The number of pyridine rings is 1. The Hall–Kier alpha value is -0.820. The second-order valence-electron chi connectivity index (χ2n) is 4.28. The van der Waals surface area contributed by atoms with Gasteiger partial charge in [0.15, 0.2) is 0 Å². The van der Waals surface area contributed by atoms with Crippen LogP contribution in [0.25, 0.3) is 0 Å². The molecule has 1 heterocycles. The molecule has 0 aliphatic heterocycles. The second kappa shape index (κ2) is 5.22. The van der Waals surface area contributed by atoms with Crippen molar-refractivity contribution < 1.29 is 9.53 Å². The third-order valence-electron chi connectivity index (χ3n) is 1.62. The van der Waals surface area contributed by atoms with Crippen molar-refractivity contribution in [2.75, 3.05) is 5.32 Å². The van der Waals surface area contributed by atoms with Gasteiger partial charge in [0.2, 0.25) is 5.43 Å². The fourth-order valence-electron chi connectivity index (χ4n) is 1.00. The summed E-state index contributed by atoms with van der Waals surface area (Å²) < 4.78 is 5.76. The van der Waals surface area contributed by atoms with Gasteiger partial charge in [0, 0.05) is 6.20 Å². The molecule has 0 atom stereocenters. The summed E-state index contributed by atoms with van der Waals surface area (Å²) in [6.07, 6.45) is 0.800. The molecule has 0 bridgehead atoms. The van der Waals surface area contributed by atoms with Crippen LogP contribution in [-0.2, 0) is 4.74 Å². The second-order valence-corrected chi connectivity index (χ2v) is 5.93. The third kappa shape index (κ3) is 4.16. The van der Waals surface area contributed by atoms with E-state index in [9.17, 15) is 9.59 Å². The lowest BCUT2D eigenvalue weighted by Gasteiger charge is -2.19. The first kappa shape index (κ1) is 14.2. The highest BCUT2D eigenvalue weighted by atomic mass is 79.9. The summed E-state index contributed by atoms with van der Waals surface area (Å²) in [5.74, 6) is 0. The van der Waals surface area contributed by atoms with E-state index in [0.717, 1.165) is 0 Å². The molecule has 0 aromatic carbocycles. The van der Waals surface area contributed by atoms with Gasteiger partial charge >= 0.3 is 6.09 Å². The van der Waals surface area contributed by atoms with Crippen LogP contribution >= 0.6 is 31.9 Å². The first-order valence-electron chi connectivity index (χ1n) is 4.77. The summed E-state index contributed by atoms with van der Waals surface area (Å²) in [5.41, 5.74) is -0.842. The number of anilines is 1. The quantitative estimate of drug-likeness (QED) is 0.748. The number of amides is 1. The van der Waals surface area contributed by atoms with Gasteiger partial charge in [-0.2, -0.15) is 0 Å². The van der Waals surface area contributed by atoms with Crippen LogP contribution in [0.3, 0.4) is 0 Å². The molecule has 94 valence electrons. The minimum Gasteiger partial charge on any atom is -0.444 e. The highest BCUT2D eigenvalue weighted by Gasteiger charge is 2.18. The number of carbonyl (C=O) groups excluding carboxylic acids is 1. The molecule has 0 saturated carbocycles. The van der Waals surface area contributed by atoms with Crippen LogP contribution in [0.15, 0.2) is 20.1 Å². The molecular weight excluding hydrogens is 356 g/mol. The topological polar surface area (TPSA) is 71.2 Å². The van der Waals surface area contributed by atoms with Crippen LogP contribution in [0.5, 0.6) is 0 Å². The summed E-state index contributed by atoms with van der Waals surface area (Å²) in [6, 6.07) is 0. The molecule has 1 aromatic heterocycles. The molecule has 1 aromatic rings. The SMILES string of the molecule is CC(C)(C)OC(=O)Nc1c(Br)[nH]cc(Br)c1=O. The van der Waals surface area contributed by atoms with Crippen LogP contribution in [0, 0.1) is 0 Å². The molecule has 0 aliphatic rings. The van der Waals surface area contributed by atoms with E-state index in [2.05, 4.69) is 42.2 Å². The Morgan fingerprint density at radius 1 is 1.41 bits per heavy atom. The Balaban J connectivity index is 2.93. The third-order valence-corrected chi connectivity index (χ3v) is 2.83. The lowest BCUT2D eigenvalue weighted by molar-refractivity contribution is 0.0635. The Kier molecular flexibility index (Phi) is 4.37. The van der Waals surface area contributed by atoms with E-state index in [0.29, 0.717) is 9.08 Å². The minimum atomic E-state index is -0.679. The van der Waals surface area contributed by atoms with Gasteiger partial charge in [0.25, 0.3) is 0 Å². The zero-order chi connectivity index (χ0) is 13.2. The van der Waals surface area contributed by atoms with Crippen molar-refractivity contribution in [2.24, 2.45) is 0 Å². The molecule has 0 unspecified atom stereocenters. The maximum absolute atomic E-state index is 11.7. The van der Waals surface area contributed by atoms with E-state index >= 15 is 0 Å². The summed E-state index contributed by atoms with van der Waals surface area (Å²) in [4.78, 5) is 26.0. The predicted octanol–water partition coefficient (Wildman–Crippen LogP) is 3.25. The Morgan fingerprint density at radius 2 is 2.00 bits per heavy atom. The predicted molar refractivity (Wildman–Crippen MR) is 72.3 cm³/mol. The number of hydrogen-bond acceptors (Lipinski definition) is 3. The van der Waals surface area contributed by atoms with Crippen molar-refractivity contribution in [3.8, 4) is 0 Å². The number of hydrogen-bond donors (Lipinski definition) is 2. The standard InChI is InChI=1S/C10H12Br2N2O3/c1-10(2,3)17-9(16)14-6-7(15)5(11)4-13-8(6)12/h4H,1-3H3,(H,13,15)(H,14,16). The van der Waals surface area contributed by atoms with E-state index in [1.54, 1.807) is 20.8 Å². The summed E-state index contributed by atoms with van der Waals surface area (Å²) in [7, 11) is 0. The number of carbonyl (C=O) groups is 1. The molecule has 7 heteroatoms. The molecule has 0 radical (unpaired) electrons.